The first-order valence-electron chi connectivity index (χ1n) is 8.50. The summed E-state index contributed by atoms with van der Waals surface area (Å²) in [5.41, 5.74) is 4.60. The van der Waals surface area contributed by atoms with Crippen molar-refractivity contribution in [3.8, 4) is 10.6 Å². The van der Waals surface area contributed by atoms with E-state index in [-0.39, 0.29) is 11.9 Å². The second-order valence-corrected chi connectivity index (χ2v) is 8.25. The van der Waals surface area contributed by atoms with Gasteiger partial charge in [0.05, 0.1) is 11.7 Å². The molecular weight excluding hydrogens is 348 g/mol. The zero-order valence-corrected chi connectivity index (χ0v) is 16.0. The number of thiazole rings is 1. The number of thiophene rings is 1. The van der Waals surface area contributed by atoms with Gasteiger partial charge in [-0.1, -0.05) is 24.3 Å². The Balaban J connectivity index is 1.64. The van der Waals surface area contributed by atoms with Crippen molar-refractivity contribution in [2.75, 3.05) is 7.05 Å². The van der Waals surface area contributed by atoms with Crippen molar-refractivity contribution < 1.29 is 4.79 Å². The summed E-state index contributed by atoms with van der Waals surface area (Å²) in [6, 6.07) is 10.7. The predicted molar refractivity (Wildman–Crippen MR) is 104 cm³/mol. The lowest BCUT2D eigenvalue weighted by molar-refractivity contribution is 0.0719. The van der Waals surface area contributed by atoms with Crippen LogP contribution in [0.2, 0.25) is 0 Å². The number of nitrogens with zero attached hydrogens (tertiary/aromatic N) is 2. The fourth-order valence-corrected chi connectivity index (χ4v) is 5.30. The third-order valence-corrected chi connectivity index (χ3v) is 6.76. The van der Waals surface area contributed by atoms with Gasteiger partial charge in [0, 0.05) is 18.0 Å². The molecule has 1 unspecified atom stereocenters. The highest BCUT2D eigenvalue weighted by atomic mass is 32.1. The maximum atomic E-state index is 13.2. The van der Waals surface area contributed by atoms with Crippen LogP contribution in [0.15, 0.2) is 41.1 Å². The van der Waals surface area contributed by atoms with Crippen molar-refractivity contribution in [1.29, 1.82) is 0 Å². The molecule has 1 aliphatic carbocycles. The average Bonchev–Trinajstić information content (AvgIpc) is 3.29. The first-order chi connectivity index (χ1) is 12.1. The van der Waals surface area contributed by atoms with Crippen LogP contribution in [0.5, 0.6) is 0 Å². The molecule has 1 aromatic carbocycles. The van der Waals surface area contributed by atoms with Crippen molar-refractivity contribution in [2.24, 2.45) is 0 Å². The number of hydrogen-bond donors (Lipinski definition) is 0. The van der Waals surface area contributed by atoms with Gasteiger partial charge in [-0.3, -0.25) is 4.79 Å². The van der Waals surface area contributed by atoms with Crippen molar-refractivity contribution in [2.45, 2.75) is 32.2 Å². The van der Waals surface area contributed by atoms with Gasteiger partial charge in [0.2, 0.25) is 0 Å². The molecule has 2 aromatic heterocycles. The number of hydrogen-bond acceptors (Lipinski definition) is 4. The minimum Gasteiger partial charge on any atom is -0.334 e. The van der Waals surface area contributed by atoms with E-state index in [0.717, 1.165) is 40.4 Å². The lowest BCUT2D eigenvalue weighted by Crippen LogP contribution is -2.33. The average molecular weight is 369 g/mol. The molecule has 0 radical (unpaired) electrons. The molecule has 25 heavy (non-hydrogen) atoms. The van der Waals surface area contributed by atoms with E-state index in [2.05, 4.69) is 40.7 Å². The normalized spacial score (nSPS) is 16.5. The molecule has 0 bridgehead atoms. The lowest BCUT2D eigenvalue weighted by atomic mass is 9.87. The molecule has 0 spiro atoms. The van der Waals surface area contributed by atoms with Gasteiger partial charge in [0.25, 0.3) is 5.91 Å². The number of aromatic nitrogens is 1. The zero-order valence-electron chi connectivity index (χ0n) is 14.4. The smallest absolute Gasteiger partial charge is 0.266 e. The highest BCUT2D eigenvalue weighted by Gasteiger charge is 2.29. The summed E-state index contributed by atoms with van der Waals surface area (Å²) in [6.07, 6.45) is 3.26. The third kappa shape index (κ3) is 3.02. The van der Waals surface area contributed by atoms with E-state index in [1.54, 1.807) is 11.3 Å². The number of rotatable bonds is 3. The van der Waals surface area contributed by atoms with E-state index in [9.17, 15) is 4.79 Å². The molecule has 0 aliphatic heterocycles. The van der Waals surface area contributed by atoms with E-state index in [0.29, 0.717) is 0 Å². The molecule has 2 heterocycles. The lowest BCUT2D eigenvalue weighted by Gasteiger charge is -2.33. The summed E-state index contributed by atoms with van der Waals surface area (Å²) < 4.78 is 0. The minimum absolute atomic E-state index is 0.0817. The van der Waals surface area contributed by atoms with E-state index < -0.39 is 0 Å². The topological polar surface area (TPSA) is 33.2 Å². The first kappa shape index (κ1) is 16.5. The van der Waals surface area contributed by atoms with Crippen LogP contribution in [-0.4, -0.2) is 22.8 Å². The summed E-state index contributed by atoms with van der Waals surface area (Å²) in [6.45, 7) is 1.93. The Morgan fingerprint density at radius 1 is 1.28 bits per heavy atom. The molecule has 128 valence electrons. The van der Waals surface area contributed by atoms with E-state index in [1.807, 2.05) is 24.3 Å². The van der Waals surface area contributed by atoms with E-state index in [4.69, 9.17) is 0 Å². The Morgan fingerprint density at radius 2 is 2.12 bits per heavy atom. The summed E-state index contributed by atoms with van der Waals surface area (Å²) >= 11 is 3.15. The SMILES string of the molecule is Cc1nc(-c2ccsc2)sc1C(=O)N(C)C1CCCc2ccccc21. The third-order valence-electron chi connectivity index (χ3n) is 4.88. The van der Waals surface area contributed by atoms with Crippen LogP contribution >= 0.6 is 22.7 Å². The van der Waals surface area contributed by atoms with Gasteiger partial charge in [-0.15, -0.1) is 11.3 Å². The molecule has 4 rings (SSSR count). The largest absolute Gasteiger partial charge is 0.334 e. The summed E-state index contributed by atoms with van der Waals surface area (Å²) in [5, 5.41) is 5.05. The molecular formula is C20H20N2OS2. The highest BCUT2D eigenvalue weighted by Crippen LogP contribution is 2.36. The van der Waals surface area contributed by atoms with Gasteiger partial charge in [0.1, 0.15) is 9.88 Å². The molecule has 0 saturated heterocycles. The van der Waals surface area contributed by atoms with Gasteiger partial charge < -0.3 is 4.90 Å². The Kier molecular flexibility index (Phi) is 4.44. The minimum atomic E-state index is 0.0817. The standard InChI is InChI=1S/C20H20N2OS2/c1-13-18(25-19(21-13)15-10-11-24-12-15)20(23)22(2)17-9-5-7-14-6-3-4-8-16(14)17/h3-4,6,8,10-12,17H,5,7,9H2,1-2H3. The molecule has 3 aromatic rings. The summed E-state index contributed by atoms with van der Waals surface area (Å²) in [7, 11) is 1.93. The van der Waals surface area contributed by atoms with Crippen LogP contribution in [-0.2, 0) is 6.42 Å². The Bertz CT molecular complexity index is 898. The number of benzene rings is 1. The van der Waals surface area contributed by atoms with Crippen LogP contribution in [0.4, 0.5) is 0 Å². The van der Waals surface area contributed by atoms with Gasteiger partial charge >= 0.3 is 0 Å². The van der Waals surface area contributed by atoms with E-state index in [1.165, 1.54) is 22.5 Å². The van der Waals surface area contributed by atoms with Gasteiger partial charge in [0.15, 0.2) is 0 Å². The predicted octanol–water partition coefficient (Wildman–Crippen LogP) is 5.33. The highest BCUT2D eigenvalue weighted by molar-refractivity contribution is 7.17. The Hall–Kier alpha value is -1.98. The molecule has 1 atom stereocenters. The maximum Gasteiger partial charge on any atom is 0.266 e. The summed E-state index contributed by atoms with van der Waals surface area (Å²) in [4.78, 5) is 20.4. The van der Waals surface area contributed by atoms with Gasteiger partial charge in [-0.2, -0.15) is 11.3 Å². The van der Waals surface area contributed by atoms with Crippen LogP contribution in [0.25, 0.3) is 10.6 Å². The molecule has 0 N–H and O–H groups in total. The van der Waals surface area contributed by atoms with E-state index >= 15 is 0 Å². The van der Waals surface area contributed by atoms with Crippen molar-refractivity contribution in [3.63, 3.8) is 0 Å². The number of carbonyl (C=O) groups is 1. The van der Waals surface area contributed by atoms with Crippen molar-refractivity contribution in [3.05, 3.63) is 62.8 Å². The molecule has 0 fully saturated rings. The molecule has 1 amide bonds. The van der Waals surface area contributed by atoms with Crippen LogP contribution < -0.4 is 0 Å². The Labute approximate surface area is 156 Å². The molecule has 1 aliphatic rings. The van der Waals surface area contributed by atoms with Gasteiger partial charge in [-0.25, -0.2) is 4.98 Å². The summed E-state index contributed by atoms with van der Waals surface area (Å²) in [5.74, 6) is 0.0817. The zero-order chi connectivity index (χ0) is 17.4. The number of carbonyl (C=O) groups excluding carboxylic acids is 1. The fraction of sp³-hybridized carbons (Fsp3) is 0.300. The molecule has 5 heteroatoms. The second kappa shape index (κ2) is 6.73. The molecule has 3 nitrogen and oxygen atoms in total. The monoisotopic (exact) mass is 368 g/mol. The van der Waals surface area contributed by atoms with Crippen LogP contribution in [0.3, 0.4) is 0 Å². The Morgan fingerprint density at radius 3 is 2.92 bits per heavy atom. The number of amides is 1. The second-order valence-electron chi connectivity index (χ2n) is 6.47. The maximum absolute atomic E-state index is 13.2. The number of aryl methyl sites for hydroxylation is 2. The number of fused-ring (bicyclic) bond motifs is 1. The van der Waals surface area contributed by atoms with Gasteiger partial charge in [-0.05, 0) is 48.8 Å². The van der Waals surface area contributed by atoms with Crippen molar-refractivity contribution in [1.82, 2.24) is 9.88 Å². The van der Waals surface area contributed by atoms with Crippen molar-refractivity contribution >= 4 is 28.6 Å². The fourth-order valence-electron chi connectivity index (χ4n) is 3.54. The van der Waals surface area contributed by atoms with Crippen LogP contribution in [0.1, 0.15) is 45.4 Å². The quantitative estimate of drug-likeness (QED) is 0.626. The first-order valence-corrected chi connectivity index (χ1v) is 10.3. The molecule has 0 saturated carbocycles. The van der Waals surface area contributed by atoms with Crippen LogP contribution in [0, 0.1) is 6.92 Å².